The predicted octanol–water partition coefficient (Wildman–Crippen LogP) is 3.16. The van der Waals surface area contributed by atoms with Gasteiger partial charge in [0.1, 0.15) is 0 Å². The molecule has 0 spiro atoms. The lowest BCUT2D eigenvalue weighted by molar-refractivity contribution is 0.323. The molecule has 2 N–H and O–H groups in total. The molecule has 2 aliphatic rings. The lowest BCUT2D eigenvalue weighted by Crippen LogP contribution is -2.41. The van der Waals surface area contributed by atoms with Crippen molar-refractivity contribution in [1.82, 2.24) is 9.03 Å². The van der Waals surface area contributed by atoms with E-state index in [-0.39, 0.29) is 6.04 Å². The summed E-state index contributed by atoms with van der Waals surface area (Å²) in [6.07, 6.45) is 6.51. The lowest BCUT2D eigenvalue weighted by Gasteiger charge is -2.30. The van der Waals surface area contributed by atoms with Crippen LogP contribution in [0.15, 0.2) is 29.2 Å². The van der Waals surface area contributed by atoms with Crippen LogP contribution >= 0.6 is 0 Å². The minimum absolute atomic E-state index is 0.0201. The number of hydrogen-bond donors (Lipinski definition) is 2. The normalized spacial score (nSPS) is 24.1. The van der Waals surface area contributed by atoms with Crippen molar-refractivity contribution in [2.75, 3.05) is 25.0 Å². The number of sulfonamides is 2. The summed E-state index contributed by atoms with van der Waals surface area (Å²) < 4.78 is 54.3. The molecule has 0 amide bonds. The Bertz CT molecular complexity index is 902. The van der Waals surface area contributed by atoms with E-state index < -0.39 is 25.3 Å². The standard InChI is InChI=1S/C21H35N3O4S2/c1-17(2)29(25,26)23-19-11-9-18(10-12-19)16-22-20-7-6-8-21(15-20)30(27,28)24-13-4-3-5-14-24/h6-8,15,17-19,22-23H,3-5,9-14,16H2,1-2H3. The van der Waals surface area contributed by atoms with Crippen molar-refractivity contribution in [3.05, 3.63) is 24.3 Å². The molecule has 1 aliphatic heterocycles. The summed E-state index contributed by atoms with van der Waals surface area (Å²) in [5.74, 6) is 0.451. The molecular formula is C21H35N3O4S2. The average molecular weight is 458 g/mol. The zero-order valence-electron chi connectivity index (χ0n) is 18.0. The topological polar surface area (TPSA) is 95.6 Å². The van der Waals surface area contributed by atoms with Gasteiger partial charge in [-0.2, -0.15) is 4.31 Å². The van der Waals surface area contributed by atoms with E-state index in [1.54, 1.807) is 36.4 Å². The van der Waals surface area contributed by atoms with Crippen molar-refractivity contribution in [2.45, 2.75) is 75.0 Å². The second-order valence-electron chi connectivity index (χ2n) is 8.80. The van der Waals surface area contributed by atoms with Crippen molar-refractivity contribution in [3.63, 3.8) is 0 Å². The van der Waals surface area contributed by atoms with E-state index in [1.165, 1.54) is 0 Å². The maximum Gasteiger partial charge on any atom is 0.243 e. The number of hydrogen-bond acceptors (Lipinski definition) is 5. The Morgan fingerprint density at radius 1 is 1.00 bits per heavy atom. The summed E-state index contributed by atoms with van der Waals surface area (Å²) in [6, 6.07) is 7.11. The van der Waals surface area contributed by atoms with Crippen LogP contribution in [0.5, 0.6) is 0 Å². The highest BCUT2D eigenvalue weighted by Gasteiger charge is 2.27. The summed E-state index contributed by atoms with van der Waals surface area (Å²) >= 11 is 0. The van der Waals surface area contributed by atoms with Crippen LogP contribution in [0.25, 0.3) is 0 Å². The third-order valence-corrected chi connectivity index (χ3v) is 9.98. The Labute approximate surface area is 181 Å². The first-order chi connectivity index (χ1) is 14.2. The van der Waals surface area contributed by atoms with Gasteiger partial charge in [-0.05, 0) is 76.5 Å². The molecule has 7 nitrogen and oxygen atoms in total. The molecule has 1 aromatic carbocycles. The molecule has 1 saturated heterocycles. The Morgan fingerprint density at radius 2 is 1.67 bits per heavy atom. The molecule has 30 heavy (non-hydrogen) atoms. The van der Waals surface area contributed by atoms with Gasteiger partial charge in [0, 0.05) is 31.4 Å². The van der Waals surface area contributed by atoms with Gasteiger partial charge in [0.05, 0.1) is 10.1 Å². The summed E-state index contributed by atoms with van der Waals surface area (Å²) in [5.41, 5.74) is 0.815. The van der Waals surface area contributed by atoms with Gasteiger partial charge < -0.3 is 5.32 Å². The van der Waals surface area contributed by atoms with Crippen LogP contribution in [0, 0.1) is 5.92 Å². The highest BCUT2D eigenvalue weighted by atomic mass is 32.2. The van der Waals surface area contributed by atoms with Gasteiger partial charge in [0.25, 0.3) is 0 Å². The molecule has 1 heterocycles. The Balaban J connectivity index is 1.52. The number of nitrogens with zero attached hydrogens (tertiary/aromatic N) is 1. The molecule has 0 bridgehead atoms. The molecule has 170 valence electrons. The minimum atomic E-state index is -3.43. The van der Waals surface area contributed by atoms with Crippen molar-refractivity contribution in [3.8, 4) is 0 Å². The van der Waals surface area contributed by atoms with E-state index in [4.69, 9.17) is 0 Å². The third kappa shape index (κ3) is 5.96. The Kier molecular flexibility index (Phi) is 7.81. The highest BCUT2D eigenvalue weighted by Crippen LogP contribution is 2.27. The van der Waals surface area contributed by atoms with Crippen molar-refractivity contribution < 1.29 is 16.8 Å². The number of piperidine rings is 1. The highest BCUT2D eigenvalue weighted by molar-refractivity contribution is 7.90. The number of nitrogens with one attached hydrogen (secondary N) is 2. The molecule has 0 radical (unpaired) electrons. The van der Waals surface area contributed by atoms with Gasteiger partial charge in [-0.15, -0.1) is 0 Å². The van der Waals surface area contributed by atoms with E-state index in [2.05, 4.69) is 10.0 Å². The van der Waals surface area contributed by atoms with Gasteiger partial charge in [0.15, 0.2) is 0 Å². The summed E-state index contributed by atoms with van der Waals surface area (Å²) in [4.78, 5) is 0.348. The van der Waals surface area contributed by atoms with E-state index >= 15 is 0 Å². The van der Waals surface area contributed by atoms with Crippen LogP contribution in [0.1, 0.15) is 58.8 Å². The zero-order valence-corrected chi connectivity index (χ0v) is 19.6. The summed E-state index contributed by atoms with van der Waals surface area (Å²) in [6.45, 7) is 5.35. The second kappa shape index (κ2) is 9.97. The third-order valence-electron chi connectivity index (χ3n) is 6.18. The van der Waals surface area contributed by atoms with E-state index in [0.29, 0.717) is 23.9 Å². The smallest absolute Gasteiger partial charge is 0.243 e. The van der Waals surface area contributed by atoms with Crippen LogP contribution in [0.3, 0.4) is 0 Å². The average Bonchev–Trinajstić information content (AvgIpc) is 2.74. The summed E-state index contributed by atoms with van der Waals surface area (Å²) in [5, 5.41) is 2.98. The molecule has 1 saturated carbocycles. The van der Waals surface area contributed by atoms with Gasteiger partial charge in [-0.3, -0.25) is 0 Å². The molecule has 1 aromatic rings. The van der Waals surface area contributed by atoms with E-state index in [1.807, 2.05) is 6.07 Å². The molecule has 0 atom stereocenters. The van der Waals surface area contributed by atoms with E-state index in [0.717, 1.165) is 57.2 Å². The van der Waals surface area contributed by atoms with Gasteiger partial charge in [-0.25, -0.2) is 21.6 Å². The second-order valence-corrected chi connectivity index (χ2v) is 13.0. The number of rotatable bonds is 8. The maximum absolute atomic E-state index is 12.9. The predicted molar refractivity (Wildman–Crippen MR) is 120 cm³/mol. The minimum Gasteiger partial charge on any atom is -0.385 e. The first-order valence-electron chi connectivity index (χ1n) is 11.0. The van der Waals surface area contributed by atoms with Crippen LogP contribution < -0.4 is 10.0 Å². The number of benzene rings is 1. The van der Waals surface area contributed by atoms with Gasteiger partial charge in [0.2, 0.25) is 20.0 Å². The zero-order chi connectivity index (χ0) is 21.8. The first kappa shape index (κ1) is 23.5. The SMILES string of the molecule is CC(C)S(=O)(=O)NC1CCC(CNc2cccc(S(=O)(=O)N3CCCCC3)c2)CC1. The lowest BCUT2D eigenvalue weighted by atomic mass is 9.86. The van der Waals surface area contributed by atoms with Crippen molar-refractivity contribution >= 4 is 25.7 Å². The van der Waals surface area contributed by atoms with Crippen molar-refractivity contribution in [1.29, 1.82) is 0 Å². The first-order valence-corrected chi connectivity index (χ1v) is 14.0. The number of anilines is 1. The molecule has 0 unspecified atom stereocenters. The molecular weight excluding hydrogens is 422 g/mol. The molecule has 0 aromatic heterocycles. The fraction of sp³-hybridized carbons (Fsp3) is 0.714. The van der Waals surface area contributed by atoms with Crippen LogP contribution in [-0.4, -0.2) is 52.1 Å². The fourth-order valence-corrected chi connectivity index (χ4v) is 6.67. The molecule has 3 rings (SSSR count). The van der Waals surface area contributed by atoms with Gasteiger partial charge >= 0.3 is 0 Å². The fourth-order valence-electron chi connectivity index (χ4n) is 4.14. The van der Waals surface area contributed by atoms with Crippen LogP contribution in [0.4, 0.5) is 5.69 Å². The summed E-state index contributed by atoms with van der Waals surface area (Å²) in [7, 11) is -6.66. The van der Waals surface area contributed by atoms with E-state index in [9.17, 15) is 16.8 Å². The Hall–Kier alpha value is -1.16. The van der Waals surface area contributed by atoms with Crippen LogP contribution in [0.2, 0.25) is 0 Å². The van der Waals surface area contributed by atoms with Crippen LogP contribution in [-0.2, 0) is 20.0 Å². The van der Waals surface area contributed by atoms with Crippen molar-refractivity contribution in [2.24, 2.45) is 5.92 Å². The molecule has 9 heteroatoms. The van der Waals surface area contributed by atoms with Gasteiger partial charge in [-0.1, -0.05) is 12.5 Å². The quantitative estimate of drug-likeness (QED) is 0.625. The largest absolute Gasteiger partial charge is 0.385 e. The maximum atomic E-state index is 12.9. The molecule has 1 aliphatic carbocycles. The molecule has 2 fully saturated rings. The Morgan fingerprint density at radius 3 is 2.30 bits per heavy atom. The monoisotopic (exact) mass is 457 g/mol.